The van der Waals surface area contributed by atoms with Crippen LogP contribution in [-0.2, 0) is 4.79 Å². The van der Waals surface area contributed by atoms with Crippen LogP contribution >= 0.6 is 0 Å². The molecule has 0 heterocycles. The Kier molecular flexibility index (Phi) is 0.675. The summed E-state index contributed by atoms with van der Waals surface area (Å²) in [6.45, 7) is 2.15. The van der Waals surface area contributed by atoms with Crippen molar-refractivity contribution in [3.63, 3.8) is 0 Å². The predicted molar refractivity (Wildman–Crippen MR) is 32.0 cm³/mol. The number of fused-ring (bicyclic) bond motifs is 1. The van der Waals surface area contributed by atoms with Gasteiger partial charge in [-0.1, -0.05) is 6.92 Å². The monoisotopic (exact) mass is 126 g/mol. The van der Waals surface area contributed by atoms with Crippen molar-refractivity contribution in [2.24, 2.45) is 17.3 Å². The van der Waals surface area contributed by atoms with Gasteiger partial charge in [0, 0.05) is 0 Å². The van der Waals surface area contributed by atoms with Crippen molar-refractivity contribution in [1.29, 1.82) is 0 Å². The third-order valence-corrected chi connectivity index (χ3v) is 3.06. The van der Waals surface area contributed by atoms with Crippen molar-refractivity contribution < 1.29 is 9.90 Å². The Bertz CT molecular complexity index is 170. The smallest absolute Gasteiger partial charge is 0.303 e. The molecule has 9 heavy (non-hydrogen) atoms. The van der Waals surface area contributed by atoms with Gasteiger partial charge in [0.15, 0.2) is 0 Å². The lowest BCUT2D eigenvalue weighted by molar-refractivity contribution is -0.138. The Hall–Kier alpha value is -0.530. The van der Waals surface area contributed by atoms with Crippen LogP contribution in [0.5, 0.6) is 0 Å². The summed E-state index contributed by atoms with van der Waals surface area (Å²) in [6, 6.07) is 0. The number of rotatable bonds is 2. The maximum atomic E-state index is 10.2. The summed E-state index contributed by atoms with van der Waals surface area (Å²) in [4.78, 5) is 10.2. The first-order valence-corrected chi connectivity index (χ1v) is 3.38. The molecule has 2 fully saturated rings. The first-order chi connectivity index (χ1) is 4.17. The lowest BCUT2D eigenvalue weighted by atomic mass is 10.0. The molecule has 0 bridgehead atoms. The summed E-state index contributed by atoms with van der Waals surface area (Å²) >= 11 is 0. The molecule has 0 amide bonds. The zero-order valence-corrected chi connectivity index (χ0v) is 5.42. The highest BCUT2D eigenvalue weighted by Crippen LogP contribution is 2.81. The maximum absolute atomic E-state index is 10.2. The number of carboxylic acid groups (broad SMARTS) is 1. The molecule has 2 aliphatic rings. The Morgan fingerprint density at radius 2 is 2.44 bits per heavy atom. The molecular weight excluding hydrogens is 116 g/mol. The fraction of sp³-hybridized carbons (Fsp3) is 0.857. The van der Waals surface area contributed by atoms with Gasteiger partial charge >= 0.3 is 5.97 Å². The minimum atomic E-state index is -0.623. The predicted octanol–water partition coefficient (Wildman–Crippen LogP) is 1.12. The molecule has 3 atom stereocenters. The fourth-order valence-corrected chi connectivity index (χ4v) is 2.00. The normalized spacial score (nSPS) is 52.1. The number of hydrogen-bond donors (Lipinski definition) is 1. The number of carboxylic acids is 1. The van der Waals surface area contributed by atoms with Gasteiger partial charge in [0.05, 0.1) is 6.42 Å². The number of carbonyl (C=O) groups is 1. The molecule has 0 aromatic carbocycles. The molecule has 2 nitrogen and oxygen atoms in total. The van der Waals surface area contributed by atoms with E-state index >= 15 is 0 Å². The first kappa shape index (κ1) is 5.27. The molecule has 0 aromatic rings. The van der Waals surface area contributed by atoms with E-state index in [0.29, 0.717) is 17.8 Å². The fourth-order valence-electron chi connectivity index (χ4n) is 2.00. The molecule has 2 saturated carbocycles. The van der Waals surface area contributed by atoms with Crippen LogP contribution in [0.15, 0.2) is 0 Å². The average Bonchev–Trinajstić information content (AvgIpc) is 2.53. The molecule has 0 saturated heterocycles. The topological polar surface area (TPSA) is 37.3 Å². The molecule has 2 unspecified atom stereocenters. The lowest BCUT2D eigenvalue weighted by Gasteiger charge is -2.01. The first-order valence-electron chi connectivity index (χ1n) is 3.38. The van der Waals surface area contributed by atoms with Crippen molar-refractivity contribution in [2.75, 3.05) is 0 Å². The quantitative estimate of drug-likeness (QED) is 0.602. The standard InChI is InChI=1S/C7H10O2/c1-4-5-2-7(4,5)3-6(8)9/h4-5H,2-3H2,1H3,(H,8,9)/t4-,5?,7?/m1/s1. The van der Waals surface area contributed by atoms with Gasteiger partial charge in [-0.3, -0.25) is 4.79 Å². The Morgan fingerprint density at radius 1 is 1.89 bits per heavy atom. The second kappa shape index (κ2) is 1.15. The van der Waals surface area contributed by atoms with E-state index in [9.17, 15) is 4.79 Å². The molecule has 0 radical (unpaired) electrons. The molecule has 0 aromatic heterocycles. The molecule has 2 aliphatic carbocycles. The molecule has 50 valence electrons. The Balaban J connectivity index is 1.95. The molecule has 1 N–H and O–H groups in total. The van der Waals surface area contributed by atoms with Crippen LogP contribution < -0.4 is 0 Å². The van der Waals surface area contributed by atoms with E-state index in [4.69, 9.17) is 5.11 Å². The zero-order valence-electron chi connectivity index (χ0n) is 5.42. The van der Waals surface area contributed by atoms with Gasteiger partial charge in [-0.2, -0.15) is 0 Å². The van der Waals surface area contributed by atoms with Crippen LogP contribution in [-0.4, -0.2) is 11.1 Å². The van der Waals surface area contributed by atoms with E-state index in [0.717, 1.165) is 5.92 Å². The Morgan fingerprint density at radius 3 is 2.56 bits per heavy atom. The van der Waals surface area contributed by atoms with Crippen LogP contribution in [0.4, 0.5) is 0 Å². The van der Waals surface area contributed by atoms with Gasteiger partial charge in [0.1, 0.15) is 0 Å². The molecule has 0 aliphatic heterocycles. The zero-order chi connectivity index (χ0) is 6.65. The highest BCUT2D eigenvalue weighted by molar-refractivity contribution is 5.69. The SMILES string of the molecule is C[C@@H]1C2CC21CC(=O)O. The van der Waals surface area contributed by atoms with E-state index < -0.39 is 5.97 Å². The van der Waals surface area contributed by atoms with Gasteiger partial charge in [0.2, 0.25) is 0 Å². The highest BCUT2D eigenvalue weighted by atomic mass is 16.4. The minimum Gasteiger partial charge on any atom is -0.481 e. The van der Waals surface area contributed by atoms with Crippen molar-refractivity contribution in [3.05, 3.63) is 0 Å². The van der Waals surface area contributed by atoms with E-state index in [-0.39, 0.29) is 0 Å². The molecule has 0 spiro atoms. The average molecular weight is 126 g/mol. The van der Waals surface area contributed by atoms with Crippen molar-refractivity contribution in [1.82, 2.24) is 0 Å². The van der Waals surface area contributed by atoms with Crippen molar-refractivity contribution >= 4 is 5.97 Å². The van der Waals surface area contributed by atoms with Crippen LogP contribution in [0.1, 0.15) is 19.8 Å². The largest absolute Gasteiger partial charge is 0.481 e. The summed E-state index contributed by atoms with van der Waals surface area (Å²) in [7, 11) is 0. The van der Waals surface area contributed by atoms with Gasteiger partial charge < -0.3 is 5.11 Å². The van der Waals surface area contributed by atoms with Gasteiger partial charge in [-0.15, -0.1) is 0 Å². The third kappa shape index (κ3) is 0.485. The summed E-state index contributed by atoms with van der Waals surface area (Å²) in [5, 5.41) is 8.43. The summed E-state index contributed by atoms with van der Waals surface area (Å²) < 4.78 is 0. The van der Waals surface area contributed by atoms with Crippen molar-refractivity contribution in [2.45, 2.75) is 19.8 Å². The van der Waals surface area contributed by atoms with Gasteiger partial charge in [-0.05, 0) is 23.7 Å². The number of hydrogen-bond acceptors (Lipinski definition) is 1. The van der Waals surface area contributed by atoms with E-state index in [1.165, 1.54) is 6.42 Å². The van der Waals surface area contributed by atoms with E-state index in [1.807, 2.05) is 0 Å². The third-order valence-electron chi connectivity index (χ3n) is 3.06. The minimum absolute atomic E-state index is 0.297. The van der Waals surface area contributed by atoms with Crippen LogP contribution in [0, 0.1) is 17.3 Å². The number of aliphatic carboxylic acids is 1. The maximum Gasteiger partial charge on any atom is 0.303 e. The summed E-state index contributed by atoms with van der Waals surface area (Å²) in [5.41, 5.74) is 0.297. The molecule has 2 rings (SSSR count). The second-order valence-electron chi connectivity index (χ2n) is 3.40. The van der Waals surface area contributed by atoms with Crippen LogP contribution in [0.25, 0.3) is 0 Å². The summed E-state index contributed by atoms with van der Waals surface area (Å²) in [6.07, 6.45) is 1.60. The van der Waals surface area contributed by atoms with Crippen molar-refractivity contribution in [3.8, 4) is 0 Å². The highest BCUT2D eigenvalue weighted by Gasteiger charge is 2.76. The summed E-state index contributed by atoms with van der Waals surface area (Å²) in [5.74, 6) is 0.879. The molecule has 2 heteroatoms. The van der Waals surface area contributed by atoms with E-state index in [1.54, 1.807) is 0 Å². The second-order valence-corrected chi connectivity index (χ2v) is 3.40. The lowest BCUT2D eigenvalue weighted by Crippen LogP contribution is -2.03. The van der Waals surface area contributed by atoms with E-state index in [2.05, 4.69) is 6.92 Å². The van der Waals surface area contributed by atoms with Crippen LogP contribution in [0.2, 0.25) is 0 Å². The van der Waals surface area contributed by atoms with Gasteiger partial charge in [-0.25, -0.2) is 0 Å². The van der Waals surface area contributed by atoms with Crippen LogP contribution in [0.3, 0.4) is 0 Å². The van der Waals surface area contributed by atoms with Gasteiger partial charge in [0.25, 0.3) is 0 Å². The Labute approximate surface area is 53.9 Å². The molecular formula is C7H10O2.